The second-order valence-corrected chi connectivity index (χ2v) is 8.52. The Hall–Kier alpha value is -4.41. The Bertz CT molecular complexity index is 1570. The van der Waals surface area contributed by atoms with Crippen LogP contribution in [0.5, 0.6) is 5.75 Å². The van der Waals surface area contributed by atoms with Crippen molar-refractivity contribution in [2.45, 2.75) is 13.2 Å². The van der Waals surface area contributed by atoms with Crippen LogP contribution in [-0.4, -0.2) is 40.2 Å². The second kappa shape index (κ2) is 11.3. The van der Waals surface area contributed by atoms with E-state index in [-0.39, 0.29) is 12.2 Å². The van der Waals surface area contributed by atoms with E-state index in [1.54, 1.807) is 13.3 Å². The number of hydrogen-bond donors (Lipinski definition) is 3. The number of nitrogens with zero attached hydrogens (tertiary/aromatic N) is 3. The van der Waals surface area contributed by atoms with Crippen LogP contribution in [0, 0.1) is 11.6 Å². The van der Waals surface area contributed by atoms with E-state index >= 15 is 0 Å². The fourth-order valence-electron chi connectivity index (χ4n) is 4.08. The maximum absolute atomic E-state index is 14.2. The highest BCUT2D eigenvalue weighted by atomic mass is 19.2. The van der Waals surface area contributed by atoms with E-state index in [0.29, 0.717) is 42.7 Å². The van der Waals surface area contributed by atoms with E-state index in [0.717, 1.165) is 33.9 Å². The number of anilines is 1. The van der Waals surface area contributed by atoms with Gasteiger partial charge in [0.15, 0.2) is 11.6 Å². The van der Waals surface area contributed by atoms with Crippen molar-refractivity contribution in [3.63, 3.8) is 0 Å². The van der Waals surface area contributed by atoms with E-state index in [4.69, 9.17) is 25.2 Å². The summed E-state index contributed by atoms with van der Waals surface area (Å²) in [5.41, 5.74) is 9.99. The van der Waals surface area contributed by atoms with Crippen molar-refractivity contribution in [2.75, 3.05) is 25.6 Å². The molecule has 3 aromatic heterocycles. The summed E-state index contributed by atoms with van der Waals surface area (Å²) in [5.74, 6) is -0.713. The van der Waals surface area contributed by atoms with Crippen LogP contribution < -0.4 is 15.8 Å². The molecule has 0 radical (unpaired) electrons. The number of nitrogens with one attached hydrogen (secondary N) is 2. The van der Waals surface area contributed by atoms with Gasteiger partial charge in [0.05, 0.1) is 47.6 Å². The van der Waals surface area contributed by atoms with E-state index in [1.807, 2.05) is 42.5 Å². The summed E-state index contributed by atoms with van der Waals surface area (Å²) in [4.78, 5) is 17.3. The fraction of sp³-hybridized carbons (Fsp3) is 0.179. The summed E-state index contributed by atoms with van der Waals surface area (Å²) in [5, 5.41) is 3.79. The first-order chi connectivity index (χ1) is 18.6. The first kappa shape index (κ1) is 25.2. The zero-order valence-electron chi connectivity index (χ0n) is 20.7. The number of imidazole rings is 1. The minimum Gasteiger partial charge on any atom is -0.491 e. The summed E-state index contributed by atoms with van der Waals surface area (Å²) in [7, 11) is 1.61. The molecule has 0 unspecified atom stereocenters. The van der Waals surface area contributed by atoms with Gasteiger partial charge in [-0.3, -0.25) is 4.98 Å². The molecule has 0 aliphatic carbocycles. The molecule has 0 amide bonds. The normalized spacial score (nSPS) is 11.2. The monoisotopic (exact) mass is 516 g/mol. The molecule has 4 N–H and O–H groups in total. The third kappa shape index (κ3) is 5.46. The Kier molecular flexibility index (Phi) is 7.52. The Balaban J connectivity index is 1.55. The van der Waals surface area contributed by atoms with Gasteiger partial charge in [0.2, 0.25) is 0 Å². The number of halogens is 2. The van der Waals surface area contributed by atoms with Crippen molar-refractivity contribution < 1.29 is 18.3 Å². The molecule has 0 fully saturated rings. The van der Waals surface area contributed by atoms with Crippen molar-refractivity contribution in [3.05, 3.63) is 90.0 Å². The van der Waals surface area contributed by atoms with Crippen LogP contribution in [0.3, 0.4) is 0 Å². The lowest BCUT2D eigenvalue weighted by Crippen LogP contribution is -2.10. The molecule has 0 saturated heterocycles. The first-order valence-corrected chi connectivity index (χ1v) is 12.0. The highest BCUT2D eigenvalue weighted by Crippen LogP contribution is 2.32. The highest BCUT2D eigenvalue weighted by Gasteiger charge is 2.17. The second-order valence-electron chi connectivity index (χ2n) is 8.52. The van der Waals surface area contributed by atoms with Crippen LogP contribution in [0.2, 0.25) is 0 Å². The van der Waals surface area contributed by atoms with Gasteiger partial charge in [-0.15, -0.1) is 0 Å². The number of pyridine rings is 2. The van der Waals surface area contributed by atoms with Crippen LogP contribution in [0.1, 0.15) is 11.5 Å². The molecule has 38 heavy (non-hydrogen) atoms. The maximum Gasteiger partial charge on any atom is 0.181 e. The van der Waals surface area contributed by atoms with Gasteiger partial charge in [-0.25, -0.2) is 18.7 Å². The van der Waals surface area contributed by atoms with Gasteiger partial charge < -0.3 is 25.5 Å². The predicted molar refractivity (Wildman–Crippen MR) is 142 cm³/mol. The molecule has 0 aliphatic heterocycles. The summed E-state index contributed by atoms with van der Waals surface area (Å²) >= 11 is 0. The van der Waals surface area contributed by atoms with Crippen molar-refractivity contribution in [1.82, 2.24) is 19.9 Å². The quantitative estimate of drug-likeness (QED) is 0.238. The van der Waals surface area contributed by atoms with E-state index < -0.39 is 11.6 Å². The van der Waals surface area contributed by atoms with Crippen LogP contribution in [-0.2, 0) is 17.9 Å². The van der Waals surface area contributed by atoms with Crippen molar-refractivity contribution in [3.8, 4) is 28.4 Å². The van der Waals surface area contributed by atoms with Gasteiger partial charge in [0.25, 0.3) is 0 Å². The predicted octanol–water partition coefficient (Wildman–Crippen LogP) is 5.06. The average molecular weight is 517 g/mol. The summed E-state index contributed by atoms with van der Waals surface area (Å²) in [6.45, 7) is 1.29. The number of H-pyrrole nitrogens is 1. The van der Waals surface area contributed by atoms with Crippen LogP contribution in [0.25, 0.3) is 33.5 Å². The number of nitrogens with two attached hydrogens (primary N) is 1. The number of benzene rings is 2. The third-order valence-corrected chi connectivity index (χ3v) is 5.82. The Morgan fingerprint density at radius 1 is 1.03 bits per heavy atom. The molecule has 5 aromatic rings. The van der Waals surface area contributed by atoms with Gasteiger partial charge in [0, 0.05) is 24.6 Å². The van der Waals surface area contributed by atoms with Gasteiger partial charge in [-0.2, -0.15) is 0 Å². The minimum absolute atomic E-state index is 0.0477. The number of rotatable bonds is 10. The molecule has 2 aromatic carbocycles. The molecule has 0 saturated carbocycles. The first-order valence-electron chi connectivity index (χ1n) is 12.0. The lowest BCUT2D eigenvalue weighted by atomic mass is 10.1. The Morgan fingerprint density at radius 2 is 1.89 bits per heavy atom. The number of aromatic nitrogens is 4. The number of ether oxygens (including phenoxy) is 2. The van der Waals surface area contributed by atoms with E-state index in [1.165, 1.54) is 12.1 Å². The molecule has 8 nitrogen and oxygen atoms in total. The summed E-state index contributed by atoms with van der Waals surface area (Å²) < 4.78 is 38.7. The lowest BCUT2D eigenvalue weighted by Gasteiger charge is -2.08. The number of methoxy groups -OCH3 is 1. The molecule has 5 rings (SSSR count). The molecule has 3 heterocycles. The van der Waals surface area contributed by atoms with Crippen LogP contribution in [0.4, 0.5) is 14.5 Å². The maximum atomic E-state index is 14.2. The van der Waals surface area contributed by atoms with Gasteiger partial charge in [-0.05, 0) is 42.5 Å². The smallest absolute Gasteiger partial charge is 0.181 e. The largest absolute Gasteiger partial charge is 0.491 e. The van der Waals surface area contributed by atoms with Gasteiger partial charge in [0.1, 0.15) is 23.9 Å². The molecular weight excluding hydrogens is 490 g/mol. The summed E-state index contributed by atoms with van der Waals surface area (Å²) in [6.07, 6.45) is 1.67. The summed E-state index contributed by atoms with van der Waals surface area (Å²) in [6, 6.07) is 17.4. The SMILES string of the molecule is COCc1cccc(-c2nc(CNc3cccc(F)c3F)[nH]c2-c2ccc3ncc(OCCN)cc3c2)n1. The highest BCUT2D eigenvalue weighted by molar-refractivity contribution is 5.87. The third-order valence-electron chi connectivity index (χ3n) is 5.82. The molecule has 194 valence electrons. The Labute approximate surface area is 217 Å². The van der Waals surface area contributed by atoms with Crippen molar-refractivity contribution >= 4 is 16.6 Å². The van der Waals surface area contributed by atoms with E-state index in [9.17, 15) is 8.78 Å². The molecular formula is C28H26F2N6O2. The van der Waals surface area contributed by atoms with Crippen LogP contribution in [0.15, 0.2) is 66.9 Å². The molecule has 0 atom stereocenters. The number of hydrogen-bond acceptors (Lipinski definition) is 7. The van der Waals surface area contributed by atoms with Gasteiger partial charge >= 0.3 is 0 Å². The van der Waals surface area contributed by atoms with E-state index in [2.05, 4.69) is 15.3 Å². The fourth-order valence-corrected chi connectivity index (χ4v) is 4.08. The minimum atomic E-state index is -0.942. The standard InChI is InChI=1S/C28H26F2N6O2/c1-37-16-19-4-2-7-24(34-19)28-27(35-25(36-28)15-33-23-6-3-5-21(29)26(23)30)17-8-9-22-18(12-17)13-20(14-32-22)38-11-10-31/h2-9,12-14,33H,10-11,15-16,31H2,1H3,(H,35,36). The molecule has 0 spiro atoms. The topological polar surface area (TPSA) is 111 Å². The average Bonchev–Trinajstić information content (AvgIpc) is 3.37. The lowest BCUT2D eigenvalue weighted by molar-refractivity contribution is 0.181. The zero-order valence-corrected chi connectivity index (χ0v) is 20.7. The van der Waals surface area contributed by atoms with Crippen LogP contribution >= 0.6 is 0 Å². The zero-order chi connectivity index (χ0) is 26.5. The number of fused-ring (bicyclic) bond motifs is 1. The van der Waals surface area contributed by atoms with Crippen molar-refractivity contribution in [1.29, 1.82) is 0 Å². The van der Waals surface area contributed by atoms with Crippen molar-refractivity contribution in [2.24, 2.45) is 5.73 Å². The molecule has 0 bridgehead atoms. The Morgan fingerprint density at radius 3 is 2.74 bits per heavy atom. The molecule has 0 aliphatic rings. The molecule has 10 heteroatoms. The number of aromatic amines is 1. The van der Waals surface area contributed by atoms with Gasteiger partial charge in [-0.1, -0.05) is 18.2 Å².